The second-order valence-electron chi connectivity index (χ2n) is 5.29. The lowest BCUT2D eigenvalue weighted by atomic mass is 9.79. The van der Waals surface area contributed by atoms with Crippen LogP contribution in [0.3, 0.4) is 0 Å². The zero-order valence-electron chi connectivity index (χ0n) is 9.59. The largest absolute Gasteiger partial charge is 0.466 e. The van der Waals surface area contributed by atoms with Crippen LogP contribution in [0.25, 0.3) is 0 Å². The standard InChI is InChI=1S/C12H19NO3/c1-2-15-12(14)6-3-7-8(4-6)11-9(13)5-10(7)16-11/h6-11H,2-5,13H2,1H3. The highest BCUT2D eigenvalue weighted by atomic mass is 16.5. The van der Waals surface area contributed by atoms with Gasteiger partial charge in [0.15, 0.2) is 0 Å². The van der Waals surface area contributed by atoms with Crippen molar-refractivity contribution in [2.24, 2.45) is 23.5 Å². The van der Waals surface area contributed by atoms with Gasteiger partial charge in [0.2, 0.25) is 0 Å². The lowest BCUT2D eigenvalue weighted by Crippen LogP contribution is -2.39. The molecular formula is C12H19NO3. The van der Waals surface area contributed by atoms with Gasteiger partial charge >= 0.3 is 5.97 Å². The van der Waals surface area contributed by atoms with E-state index in [1.165, 1.54) is 0 Å². The van der Waals surface area contributed by atoms with Gasteiger partial charge in [0.05, 0.1) is 24.7 Å². The van der Waals surface area contributed by atoms with Crippen LogP contribution in [0, 0.1) is 17.8 Å². The van der Waals surface area contributed by atoms with Gasteiger partial charge in [0, 0.05) is 6.04 Å². The predicted molar refractivity (Wildman–Crippen MR) is 57.6 cm³/mol. The molecule has 3 rings (SSSR count). The van der Waals surface area contributed by atoms with Crippen molar-refractivity contribution in [3.8, 4) is 0 Å². The Morgan fingerprint density at radius 3 is 2.88 bits per heavy atom. The Bertz CT molecular complexity index is 307. The van der Waals surface area contributed by atoms with Gasteiger partial charge in [0.1, 0.15) is 0 Å². The van der Waals surface area contributed by atoms with Gasteiger partial charge in [-0.25, -0.2) is 0 Å². The zero-order chi connectivity index (χ0) is 11.3. The van der Waals surface area contributed by atoms with Crippen molar-refractivity contribution in [3.05, 3.63) is 0 Å². The Labute approximate surface area is 95.5 Å². The second-order valence-corrected chi connectivity index (χ2v) is 5.29. The summed E-state index contributed by atoms with van der Waals surface area (Å²) in [5.74, 6) is 1.13. The summed E-state index contributed by atoms with van der Waals surface area (Å²) < 4.78 is 11.0. The first-order chi connectivity index (χ1) is 7.70. The summed E-state index contributed by atoms with van der Waals surface area (Å²) in [6.07, 6.45) is 3.34. The van der Waals surface area contributed by atoms with Crippen molar-refractivity contribution >= 4 is 5.97 Å². The maximum Gasteiger partial charge on any atom is 0.308 e. The van der Waals surface area contributed by atoms with Gasteiger partial charge in [-0.15, -0.1) is 0 Å². The maximum atomic E-state index is 11.7. The van der Waals surface area contributed by atoms with Crippen molar-refractivity contribution in [1.29, 1.82) is 0 Å². The number of fused-ring (bicyclic) bond motifs is 5. The van der Waals surface area contributed by atoms with Crippen LogP contribution in [0.15, 0.2) is 0 Å². The smallest absolute Gasteiger partial charge is 0.308 e. The lowest BCUT2D eigenvalue weighted by Gasteiger charge is -2.24. The predicted octanol–water partition coefficient (Wildman–Crippen LogP) is 0.690. The molecule has 0 radical (unpaired) electrons. The average Bonchev–Trinajstić information content (AvgIpc) is 2.86. The minimum Gasteiger partial charge on any atom is -0.466 e. The number of hydrogen-bond acceptors (Lipinski definition) is 4. The molecule has 2 saturated heterocycles. The molecule has 4 nitrogen and oxygen atoms in total. The van der Waals surface area contributed by atoms with Gasteiger partial charge in [-0.1, -0.05) is 0 Å². The van der Waals surface area contributed by atoms with Crippen molar-refractivity contribution in [3.63, 3.8) is 0 Å². The monoisotopic (exact) mass is 225 g/mol. The molecule has 1 aliphatic carbocycles. The number of hydrogen-bond donors (Lipinski definition) is 1. The molecule has 6 atom stereocenters. The molecule has 2 heterocycles. The van der Waals surface area contributed by atoms with Crippen molar-refractivity contribution in [1.82, 2.24) is 0 Å². The molecule has 16 heavy (non-hydrogen) atoms. The highest BCUT2D eigenvalue weighted by Crippen LogP contribution is 2.53. The third kappa shape index (κ3) is 1.39. The number of esters is 1. The summed E-state index contributed by atoms with van der Waals surface area (Å²) in [6, 6.07) is 0.187. The van der Waals surface area contributed by atoms with E-state index < -0.39 is 0 Å². The molecular weight excluding hydrogens is 206 g/mol. The topological polar surface area (TPSA) is 61.5 Å². The molecule has 0 aromatic rings. The van der Waals surface area contributed by atoms with Crippen LogP contribution < -0.4 is 5.73 Å². The van der Waals surface area contributed by atoms with Crippen LogP contribution >= 0.6 is 0 Å². The van der Waals surface area contributed by atoms with Crippen molar-refractivity contribution in [2.75, 3.05) is 6.61 Å². The molecule has 0 aromatic carbocycles. The first kappa shape index (κ1) is 10.5. The Hall–Kier alpha value is -0.610. The highest BCUT2D eigenvalue weighted by Gasteiger charge is 2.57. The first-order valence-corrected chi connectivity index (χ1v) is 6.28. The molecule has 4 heteroatoms. The first-order valence-electron chi connectivity index (χ1n) is 6.28. The zero-order valence-corrected chi connectivity index (χ0v) is 9.59. The van der Waals surface area contributed by atoms with E-state index >= 15 is 0 Å². The third-order valence-corrected chi connectivity index (χ3v) is 4.44. The van der Waals surface area contributed by atoms with E-state index in [1.54, 1.807) is 0 Å². The van der Waals surface area contributed by atoms with E-state index in [0.717, 1.165) is 19.3 Å². The van der Waals surface area contributed by atoms with Gasteiger partial charge in [0.25, 0.3) is 0 Å². The van der Waals surface area contributed by atoms with E-state index in [2.05, 4.69) is 0 Å². The van der Waals surface area contributed by atoms with Gasteiger partial charge in [-0.3, -0.25) is 4.79 Å². The fourth-order valence-electron chi connectivity index (χ4n) is 3.82. The molecule has 2 aliphatic heterocycles. The Kier molecular flexibility index (Phi) is 2.44. The molecule has 90 valence electrons. The quantitative estimate of drug-likeness (QED) is 0.702. The van der Waals surface area contributed by atoms with E-state index in [-0.39, 0.29) is 24.0 Å². The van der Waals surface area contributed by atoms with E-state index in [1.807, 2.05) is 6.92 Å². The molecule has 2 bridgehead atoms. The summed E-state index contributed by atoms with van der Waals surface area (Å²) in [4.78, 5) is 11.7. The molecule has 0 aromatic heterocycles. The number of carbonyl (C=O) groups is 1. The Morgan fingerprint density at radius 2 is 2.12 bits per heavy atom. The van der Waals surface area contributed by atoms with Crippen molar-refractivity contribution < 1.29 is 14.3 Å². The number of nitrogens with two attached hydrogens (primary N) is 1. The fraction of sp³-hybridized carbons (Fsp3) is 0.917. The molecule has 2 N–H and O–H groups in total. The van der Waals surface area contributed by atoms with E-state index in [4.69, 9.17) is 15.2 Å². The average molecular weight is 225 g/mol. The fourth-order valence-corrected chi connectivity index (χ4v) is 3.82. The summed E-state index contributed by atoms with van der Waals surface area (Å²) in [7, 11) is 0. The van der Waals surface area contributed by atoms with E-state index in [0.29, 0.717) is 24.5 Å². The minimum atomic E-state index is -0.0233. The SMILES string of the molecule is CCOC(=O)C1CC2C3CC(N)C(O3)C2C1. The molecule has 1 saturated carbocycles. The van der Waals surface area contributed by atoms with Crippen LogP contribution in [-0.4, -0.2) is 30.8 Å². The third-order valence-electron chi connectivity index (χ3n) is 4.44. The second kappa shape index (κ2) is 3.70. The van der Waals surface area contributed by atoms with Crippen LogP contribution in [0.2, 0.25) is 0 Å². The lowest BCUT2D eigenvalue weighted by molar-refractivity contribution is -0.148. The van der Waals surface area contributed by atoms with Gasteiger partial charge < -0.3 is 15.2 Å². The van der Waals surface area contributed by atoms with Crippen LogP contribution in [0.1, 0.15) is 26.2 Å². The highest BCUT2D eigenvalue weighted by molar-refractivity contribution is 5.73. The summed E-state index contributed by atoms with van der Waals surface area (Å²) in [5.41, 5.74) is 6.01. The molecule has 6 unspecified atom stereocenters. The Balaban J connectivity index is 1.68. The number of carbonyl (C=O) groups excluding carboxylic acids is 1. The van der Waals surface area contributed by atoms with Gasteiger partial charge in [-0.05, 0) is 38.0 Å². The molecule has 3 fully saturated rings. The van der Waals surface area contributed by atoms with E-state index in [9.17, 15) is 4.79 Å². The maximum absolute atomic E-state index is 11.7. The number of ether oxygens (including phenoxy) is 2. The molecule has 0 spiro atoms. The van der Waals surface area contributed by atoms with Crippen LogP contribution in [0.4, 0.5) is 0 Å². The number of rotatable bonds is 2. The summed E-state index contributed by atoms with van der Waals surface area (Å²) >= 11 is 0. The van der Waals surface area contributed by atoms with Crippen molar-refractivity contribution in [2.45, 2.75) is 44.4 Å². The summed E-state index contributed by atoms with van der Waals surface area (Å²) in [6.45, 7) is 2.34. The van der Waals surface area contributed by atoms with Gasteiger partial charge in [-0.2, -0.15) is 0 Å². The normalized spacial score (nSPS) is 49.4. The summed E-state index contributed by atoms with van der Waals surface area (Å²) in [5, 5.41) is 0. The molecule has 3 aliphatic rings. The Morgan fingerprint density at radius 1 is 1.38 bits per heavy atom. The minimum absolute atomic E-state index is 0.0233. The van der Waals surface area contributed by atoms with Crippen LogP contribution in [-0.2, 0) is 14.3 Å². The van der Waals surface area contributed by atoms with Crippen LogP contribution in [0.5, 0.6) is 0 Å². The molecule has 0 amide bonds.